The second kappa shape index (κ2) is 9.77. The van der Waals surface area contributed by atoms with Gasteiger partial charge < -0.3 is 0 Å². The van der Waals surface area contributed by atoms with E-state index in [0.717, 1.165) is 18.4 Å². The summed E-state index contributed by atoms with van der Waals surface area (Å²) in [5.41, 5.74) is 6.76. The Morgan fingerprint density at radius 2 is 1.32 bits per heavy atom. The zero-order valence-corrected chi connectivity index (χ0v) is 12.8. The molecule has 1 unspecified atom stereocenters. The first kappa shape index (κ1) is 15.3. The van der Waals surface area contributed by atoms with Gasteiger partial charge in [-0.25, -0.2) is 0 Å². The van der Waals surface area contributed by atoms with Crippen LogP contribution in [0.25, 0.3) is 0 Å². The molecular weight excluding hydrogens is 232 g/mol. The molecule has 19 heavy (non-hydrogen) atoms. The minimum absolute atomic E-state index is 0.914. The van der Waals surface area contributed by atoms with Crippen LogP contribution in [0.5, 0.6) is 0 Å². The van der Waals surface area contributed by atoms with Crippen molar-refractivity contribution in [2.75, 3.05) is 13.1 Å². The van der Waals surface area contributed by atoms with Crippen molar-refractivity contribution in [2.24, 2.45) is 11.8 Å². The summed E-state index contributed by atoms with van der Waals surface area (Å²) < 4.78 is 0. The van der Waals surface area contributed by atoms with Gasteiger partial charge in [0, 0.05) is 13.1 Å². The van der Waals surface area contributed by atoms with E-state index < -0.39 is 0 Å². The van der Waals surface area contributed by atoms with Gasteiger partial charge in [0.1, 0.15) is 0 Å². The normalized spacial score (nSPS) is 26.8. The van der Waals surface area contributed by atoms with Crippen molar-refractivity contribution in [3.63, 3.8) is 0 Å². The molecule has 1 aliphatic carbocycles. The maximum Gasteiger partial charge on any atom is 0.0128 e. The van der Waals surface area contributed by atoms with Gasteiger partial charge in [-0.15, -0.1) is 0 Å². The minimum Gasteiger partial charge on any atom is -0.258 e. The summed E-state index contributed by atoms with van der Waals surface area (Å²) in [5.74, 6) is 2.01. The molecule has 0 spiro atoms. The number of nitrogens with one attached hydrogen (secondary N) is 2. The molecule has 112 valence electrons. The highest BCUT2D eigenvalue weighted by Gasteiger charge is 2.14. The number of rotatable bonds is 6. The molecule has 0 aromatic carbocycles. The van der Waals surface area contributed by atoms with Crippen molar-refractivity contribution in [1.82, 2.24) is 10.9 Å². The average Bonchev–Trinajstić information content (AvgIpc) is 2.95. The summed E-state index contributed by atoms with van der Waals surface area (Å²) in [4.78, 5) is 0. The van der Waals surface area contributed by atoms with Gasteiger partial charge in [-0.05, 0) is 31.1 Å². The molecule has 2 N–H and O–H groups in total. The second-order valence-electron chi connectivity index (χ2n) is 6.81. The predicted octanol–water partition coefficient (Wildman–Crippen LogP) is 4.41. The zero-order valence-electron chi connectivity index (χ0n) is 12.8. The van der Waals surface area contributed by atoms with Crippen LogP contribution in [0, 0.1) is 11.8 Å². The monoisotopic (exact) mass is 266 g/mol. The Labute approximate surface area is 120 Å². The van der Waals surface area contributed by atoms with E-state index in [1.807, 2.05) is 0 Å². The van der Waals surface area contributed by atoms with Gasteiger partial charge in [-0.2, -0.15) is 0 Å². The smallest absolute Gasteiger partial charge is 0.0128 e. The highest BCUT2D eigenvalue weighted by Crippen LogP contribution is 2.29. The van der Waals surface area contributed by atoms with Crippen molar-refractivity contribution < 1.29 is 0 Å². The third-order valence-electron chi connectivity index (χ3n) is 5.13. The van der Waals surface area contributed by atoms with Crippen LogP contribution in [-0.2, 0) is 0 Å². The summed E-state index contributed by atoms with van der Waals surface area (Å²) in [6, 6.07) is 0. The zero-order chi connectivity index (χ0) is 13.2. The van der Waals surface area contributed by atoms with E-state index in [2.05, 4.69) is 10.9 Å². The maximum atomic E-state index is 3.41. The molecule has 1 atom stereocenters. The fourth-order valence-corrected chi connectivity index (χ4v) is 3.82. The van der Waals surface area contributed by atoms with E-state index in [1.165, 1.54) is 90.0 Å². The fraction of sp³-hybridized carbons (Fsp3) is 1.00. The number of hydrogen-bond donors (Lipinski definition) is 2. The number of hydrazine groups is 1. The number of unbranched alkanes of at least 4 members (excludes halogenated alkanes) is 2. The quantitative estimate of drug-likeness (QED) is 0.696. The molecule has 1 saturated heterocycles. The Hall–Kier alpha value is -0.0800. The summed E-state index contributed by atoms with van der Waals surface area (Å²) in [5, 5.41) is 0. The molecule has 2 aliphatic rings. The van der Waals surface area contributed by atoms with E-state index >= 15 is 0 Å². The topological polar surface area (TPSA) is 24.1 Å². The Balaban J connectivity index is 1.48. The molecule has 2 nitrogen and oxygen atoms in total. The first-order chi connectivity index (χ1) is 9.45. The van der Waals surface area contributed by atoms with Crippen LogP contribution < -0.4 is 10.9 Å². The van der Waals surface area contributed by atoms with E-state index in [0.29, 0.717) is 0 Å². The van der Waals surface area contributed by atoms with Crippen molar-refractivity contribution in [2.45, 2.75) is 83.5 Å². The minimum atomic E-state index is 0.914. The lowest BCUT2D eigenvalue weighted by molar-refractivity contribution is 0.374. The SMILES string of the molecule is C1CCNNCC(CCCCCC2CCCC2)CC1. The van der Waals surface area contributed by atoms with E-state index in [9.17, 15) is 0 Å². The lowest BCUT2D eigenvalue weighted by atomic mass is 9.93. The maximum absolute atomic E-state index is 3.41. The van der Waals surface area contributed by atoms with Crippen LogP contribution in [0.15, 0.2) is 0 Å². The molecule has 1 heterocycles. The first-order valence-electron chi connectivity index (χ1n) is 8.91. The average molecular weight is 266 g/mol. The van der Waals surface area contributed by atoms with Crippen LogP contribution in [0.1, 0.15) is 83.5 Å². The van der Waals surface area contributed by atoms with E-state index in [-0.39, 0.29) is 0 Å². The Morgan fingerprint density at radius 3 is 2.16 bits per heavy atom. The van der Waals surface area contributed by atoms with Crippen molar-refractivity contribution in [1.29, 1.82) is 0 Å². The Bertz CT molecular complexity index is 201. The van der Waals surface area contributed by atoms with Crippen molar-refractivity contribution in [3.8, 4) is 0 Å². The fourth-order valence-electron chi connectivity index (χ4n) is 3.82. The van der Waals surface area contributed by atoms with Crippen LogP contribution >= 0.6 is 0 Å². The highest BCUT2D eigenvalue weighted by molar-refractivity contribution is 4.68. The molecule has 1 saturated carbocycles. The lowest BCUT2D eigenvalue weighted by Gasteiger charge is -2.16. The highest BCUT2D eigenvalue weighted by atomic mass is 15.3. The van der Waals surface area contributed by atoms with Gasteiger partial charge in [-0.3, -0.25) is 10.9 Å². The van der Waals surface area contributed by atoms with Gasteiger partial charge in [0.2, 0.25) is 0 Å². The van der Waals surface area contributed by atoms with E-state index in [1.54, 1.807) is 0 Å². The van der Waals surface area contributed by atoms with Crippen molar-refractivity contribution in [3.05, 3.63) is 0 Å². The van der Waals surface area contributed by atoms with Crippen LogP contribution in [-0.4, -0.2) is 13.1 Å². The molecule has 0 radical (unpaired) electrons. The third kappa shape index (κ3) is 6.76. The summed E-state index contributed by atoms with van der Waals surface area (Å²) in [6.45, 7) is 2.33. The Morgan fingerprint density at radius 1 is 0.632 bits per heavy atom. The third-order valence-corrected chi connectivity index (χ3v) is 5.13. The van der Waals surface area contributed by atoms with Crippen LogP contribution in [0.4, 0.5) is 0 Å². The van der Waals surface area contributed by atoms with Crippen LogP contribution in [0.3, 0.4) is 0 Å². The van der Waals surface area contributed by atoms with Gasteiger partial charge in [0.05, 0.1) is 0 Å². The second-order valence-corrected chi connectivity index (χ2v) is 6.81. The predicted molar refractivity (Wildman–Crippen MR) is 83.0 cm³/mol. The molecule has 0 aromatic heterocycles. The van der Waals surface area contributed by atoms with E-state index in [4.69, 9.17) is 0 Å². The summed E-state index contributed by atoms with van der Waals surface area (Å²) in [6.07, 6.45) is 19.1. The van der Waals surface area contributed by atoms with Gasteiger partial charge in [0.15, 0.2) is 0 Å². The molecule has 0 aromatic rings. The largest absolute Gasteiger partial charge is 0.258 e. The molecular formula is C17H34N2. The Kier molecular flexibility index (Phi) is 7.87. The summed E-state index contributed by atoms with van der Waals surface area (Å²) >= 11 is 0. The molecule has 0 bridgehead atoms. The van der Waals surface area contributed by atoms with Gasteiger partial charge >= 0.3 is 0 Å². The van der Waals surface area contributed by atoms with Crippen LogP contribution in [0.2, 0.25) is 0 Å². The molecule has 2 heteroatoms. The van der Waals surface area contributed by atoms with Gasteiger partial charge in [-0.1, -0.05) is 64.2 Å². The molecule has 2 fully saturated rings. The van der Waals surface area contributed by atoms with Crippen molar-refractivity contribution >= 4 is 0 Å². The first-order valence-corrected chi connectivity index (χ1v) is 8.91. The number of hydrogen-bond acceptors (Lipinski definition) is 2. The summed E-state index contributed by atoms with van der Waals surface area (Å²) in [7, 11) is 0. The molecule has 0 amide bonds. The van der Waals surface area contributed by atoms with Gasteiger partial charge in [0.25, 0.3) is 0 Å². The molecule has 1 aliphatic heterocycles. The molecule has 2 rings (SSSR count). The lowest BCUT2D eigenvalue weighted by Crippen LogP contribution is -2.35. The standard InChI is InChI=1S/C17H34N2/c1(3-9-16-10-6-7-11-16)4-12-17-13-5-2-8-14-18-19-15-17/h16-19H,1-15H2.